The molecule has 0 radical (unpaired) electrons. The van der Waals surface area contributed by atoms with E-state index in [1.54, 1.807) is 6.92 Å². The van der Waals surface area contributed by atoms with E-state index in [4.69, 9.17) is 0 Å². The number of rotatable bonds is 3. The summed E-state index contributed by atoms with van der Waals surface area (Å²) >= 11 is 0. The second-order valence-electron chi connectivity index (χ2n) is 4.06. The summed E-state index contributed by atoms with van der Waals surface area (Å²) in [6.45, 7) is 3.49. The molecule has 1 rings (SSSR count). The Hall–Kier alpha value is -1.10. The highest BCUT2D eigenvalue weighted by atomic mass is 16.5. The minimum Gasteiger partial charge on any atom is -0.459 e. The summed E-state index contributed by atoms with van der Waals surface area (Å²) < 4.78 is 4.61. The predicted octanol–water partition coefficient (Wildman–Crippen LogP) is 0.150. The van der Waals surface area contributed by atoms with Crippen LogP contribution >= 0.6 is 0 Å². The first-order valence-electron chi connectivity index (χ1n) is 5.80. The largest absolute Gasteiger partial charge is 0.459 e. The fourth-order valence-electron chi connectivity index (χ4n) is 1.88. The molecule has 16 heavy (non-hydrogen) atoms. The van der Waals surface area contributed by atoms with Crippen molar-refractivity contribution in [2.75, 3.05) is 26.7 Å². The van der Waals surface area contributed by atoms with Crippen molar-refractivity contribution in [2.24, 2.45) is 0 Å². The molecule has 0 aromatic carbocycles. The van der Waals surface area contributed by atoms with Gasteiger partial charge in [0.1, 0.15) is 0 Å². The lowest BCUT2D eigenvalue weighted by Gasteiger charge is -2.32. The van der Waals surface area contributed by atoms with Crippen molar-refractivity contribution < 1.29 is 14.3 Å². The summed E-state index contributed by atoms with van der Waals surface area (Å²) in [5, 5.41) is 2.61. The number of likely N-dealkylation sites (N-methyl/N-ethyl adjacent to an activating group) is 1. The van der Waals surface area contributed by atoms with Crippen LogP contribution in [0.1, 0.15) is 26.2 Å². The molecular weight excluding hydrogens is 208 g/mol. The van der Waals surface area contributed by atoms with Gasteiger partial charge in [-0.05, 0) is 33.4 Å². The smallest absolute Gasteiger partial charge is 0.396 e. The van der Waals surface area contributed by atoms with Gasteiger partial charge in [-0.2, -0.15) is 0 Å². The highest BCUT2D eigenvalue weighted by Gasteiger charge is 2.21. The van der Waals surface area contributed by atoms with Crippen LogP contribution in [0, 0.1) is 0 Å². The summed E-state index contributed by atoms with van der Waals surface area (Å²) in [6.07, 6.45) is 3.46. The third-order valence-electron chi connectivity index (χ3n) is 2.88. The van der Waals surface area contributed by atoms with Crippen LogP contribution in [0.25, 0.3) is 0 Å². The number of hydrogen-bond donors (Lipinski definition) is 1. The highest BCUT2D eigenvalue weighted by molar-refractivity contribution is 6.32. The maximum atomic E-state index is 11.3. The molecule has 1 aliphatic heterocycles. The van der Waals surface area contributed by atoms with Crippen LogP contribution in [-0.4, -0.2) is 49.6 Å². The SMILES string of the molecule is CCOC(=O)C(=O)NCC1CCCCN1C. The van der Waals surface area contributed by atoms with Crippen LogP contribution in [0.3, 0.4) is 0 Å². The molecule has 1 amide bonds. The summed E-state index contributed by atoms with van der Waals surface area (Å²) in [4.78, 5) is 24.5. The average Bonchev–Trinajstić information content (AvgIpc) is 2.28. The molecule has 0 aliphatic carbocycles. The summed E-state index contributed by atoms with van der Waals surface area (Å²) in [6, 6.07) is 0.340. The lowest BCUT2D eigenvalue weighted by molar-refractivity contribution is -0.154. The van der Waals surface area contributed by atoms with Crippen LogP contribution in [0.5, 0.6) is 0 Å². The molecule has 1 atom stereocenters. The lowest BCUT2D eigenvalue weighted by atomic mass is 10.0. The van der Waals surface area contributed by atoms with Crippen molar-refractivity contribution in [3.05, 3.63) is 0 Å². The van der Waals surface area contributed by atoms with E-state index >= 15 is 0 Å². The molecule has 0 aromatic heterocycles. The van der Waals surface area contributed by atoms with Gasteiger partial charge in [0.05, 0.1) is 6.61 Å². The Morgan fingerprint density at radius 3 is 2.81 bits per heavy atom. The van der Waals surface area contributed by atoms with Gasteiger partial charge >= 0.3 is 11.9 Å². The van der Waals surface area contributed by atoms with Crippen molar-refractivity contribution in [3.63, 3.8) is 0 Å². The normalized spacial score (nSPS) is 21.5. The Morgan fingerprint density at radius 2 is 2.19 bits per heavy atom. The Labute approximate surface area is 96.1 Å². The van der Waals surface area contributed by atoms with Gasteiger partial charge in [-0.15, -0.1) is 0 Å². The van der Waals surface area contributed by atoms with Gasteiger partial charge in [0, 0.05) is 12.6 Å². The number of likely N-dealkylation sites (tertiary alicyclic amines) is 1. The Morgan fingerprint density at radius 1 is 1.44 bits per heavy atom. The second kappa shape index (κ2) is 6.48. The van der Waals surface area contributed by atoms with Gasteiger partial charge in [0.2, 0.25) is 0 Å². The molecule has 1 heterocycles. The van der Waals surface area contributed by atoms with E-state index in [0.717, 1.165) is 13.0 Å². The molecular formula is C11H20N2O3. The van der Waals surface area contributed by atoms with Gasteiger partial charge in [-0.1, -0.05) is 6.42 Å². The summed E-state index contributed by atoms with van der Waals surface area (Å²) in [5.41, 5.74) is 0. The molecule has 0 saturated carbocycles. The number of carbonyl (C=O) groups excluding carboxylic acids is 2. The number of piperidine rings is 1. The number of nitrogens with one attached hydrogen (secondary N) is 1. The van der Waals surface area contributed by atoms with E-state index in [1.807, 2.05) is 7.05 Å². The molecule has 92 valence electrons. The first kappa shape index (κ1) is 13.0. The van der Waals surface area contributed by atoms with Gasteiger partial charge in [-0.3, -0.25) is 4.79 Å². The quantitative estimate of drug-likeness (QED) is 0.552. The standard InChI is InChI=1S/C11H20N2O3/c1-3-16-11(15)10(14)12-8-9-6-4-5-7-13(9)2/h9H,3-8H2,1-2H3,(H,12,14). The minimum atomic E-state index is -0.791. The van der Waals surface area contributed by atoms with Gasteiger partial charge < -0.3 is 15.0 Å². The molecule has 0 bridgehead atoms. The summed E-state index contributed by atoms with van der Waals surface area (Å²) in [7, 11) is 2.04. The molecule has 5 nitrogen and oxygen atoms in total. The fraction of sp³-hybridized carbons (Fsp3) is 0.818. The lowest BCUT2D eigenvalue weighted by Crippen LogP contribution is -2.46. The number of esters is 1. The Kier molecular flexibility index (Phi) is 5.25. The molecule has 1 aliphatic rings. The van der Waals surface area contributed by atoms with Crippen LogP contribution < -0.4 is 5.32 Å². The zero-order chi connectivity index (χ0) is 12.0. The van der Waals surface area contributed by atoms with Gasteiger partial charge in [0.15, 0.2) is 0 Å². The van der Waals surface area contributed by atoms with E-state index in [9.17, 15) is 9.59 Å². The Bertz CT molecular complexity index is 256. The molecule has 0 spiro atoms. The fourth-order valence-corrected chi connectivity index (χ4v) is 1.88. The van der Waals surface area contributed by atoms with Crippen molar-refractivity contribution in [1.82, 2.24) is 10.2 Å². The maximum Gasteiger partial charge on any atom is 0.396 e. The van der Waals surface area contributed by atoms with E-state index in [1.165, 1.54) is 12.8 Å². The monoisotopic (exact) mass is 228 g/mol. The van der Waals surface area contributed by atoms with Crippen LogP contribution in [0.4, 0.5) is 0 Å². The third kappa shape index (κ3) is 3.81. The first-order chi connectivity index (χ1) is 7.65. The number of ether oxygens (including phenoxy) is 1. The molecule has 1 fully saturated rings. The number of amides is 1. The first-order valence-corrected chi connectivity index (χ1v) is 5.80. The zero-order valence-corrected chi connectivity index (χ0v) is 9.99. The Balaban J connectivity index is 2.27. The number of hydrogen-bond acceptors (Lipinski definition) is 4. The van der Waals surface area contributed by atoms with Crippen molar-refractivity contribution >= 4 is 11.9 Å². The molecule has 1 saturated heterocycles. The van der Waals surface area contributed by atoms with Crippen molar-refractivity contribution in [1.29, 1.82) is 0 Å². The van der Waals surface area contributed by atoms with E-state index in [-0.39, 0.29) is 6.61 Å². The minimum absolute atomic E-state index is 0.232. The van der Waals surface area contributed by atoms with Crippen LogP contribution in [0.2, 0.25) is 0 Å². The zero-order valence-electron chi connectivity index (χ0n) is 9.99. The average molecular weight is 228 g/mol. The van der Waals surface area contributed by atoms with Gasteiger partial charge in [0.25, 0.3) is 0 Å². The predicted molar refractivity (Wildman–Crippen MR) is 59.9 cm³/mol. The number of nitrogens with zero attached hydrogens (tertiary/aromatic N) is 1. The highest BCUT2D eigenvalue weighted by Crippen LogP contribution is 2.13. The molecule has 1 unspecified atom stereocenters. The molecule has 5 heteroatoms. The van der Waals surface area contributed by atoms with Crippen molar-refractivity contribution in [3.8, 4) is 0 Å². The number of carbonyl (C=O) groups is 2. The molecule has 1 N–H and O–H groups in total. The van der Waals surface area contributed by atoms with Gasteiger partial charge in [-0.25, -0.2) is 4.79 Å². The maximum absolute atomic E-state index is 11.3. The van der Waals surface area contributed by atoms with Crippen LogP contribution in [-0.2, 0) is 14.3 Å². The summed E-state index contributed by atoms with van der Waals surface area (Å²) in [5.74, 6) is -1.43. The second-order valence-corrected chi connectivity index (χ2v) is 4.06. The van der Waals surface area contributed by atoms with E-state index in [2.05, 4.69) is 15.0 Å². The van der Waals surface area contributed by atoms with Crippen LogP contribution in [0.15, 0.2) is 0 Å². The topological polar surface area (TPSA) is 58.6 Å². The molecule has 0 aromatic rings. The third-order valence-corrected chi connectivity index (χ3v) is 2.88. The van der Waals surface area contributed by atoms with Crippen molar-refractivity contribution in [2.45, 2.75) is 32.2 Å². The van der Waals surface area contributed by atoms with E-state index in [0.29, 0.717) is 12.6 Å². The van der Waals surface area contributed by atoms with E-state index < -0.39 is 11.9 Å².